The van der Waals surface area contributed by atoms with Gasteiger partial charge in [-0.25, -0.2) is 4.99 Å². The first-order valence-electron chi connectivity index (χ1n) is 9.55. The number of rotatable bonds is 12. The number of hydrogen-bond donors (Lipinski definition) is 2. The predicted molar refractivity (Wildman–Crippen MR) is 118 cm³/mol. The summed E-state index contributed by atoms with van der Waals surface area (Å²) in [6.07, 6.45) is 5.87. The fraction of sp³-hybridized carbons (Fsp3) is 0.833. The van der Waals surface area contributed by atoms with E-state index in [-0.39, 0.29) is 24.0 Å². The van der Waals surface area contributed by atoms with Gasteiger partial charge in [-0.05, 0) is 33.6 Å². The van der Waals surface area contributed by atoms with Crippen molar-refractivity contribution < 1.29 is 4.74 Å². The number of halogens is 1. The average molecular weight is 480 g/mol. The largest absolute Gasteiger partial charge is 0.382 e. The highest BCUT2D eigenvalue weighted by Crippen LogP contribution is 2.03. The quantitative estimate of drug-likeness (QED) is 0.208. The van der Waals surface area contributed by atoms with Gasteiger partial charge in [0.25, 0.3) is 0 Å². The summed E-state index contributed by atoms with van der Waals surface area (Å²) in [5.41, 5.74) is 0. The molecule has 26 heavy (non-hydrogen) atoms. The second-order valence-electron chi connectivity index (χ2n) is 6.41. The molecule has 1 aromatic heterocycles. The van der Waals surface area contributed by atoms with Gasteiger partial charge in [-0.15, -0.1) is 34.2 Å². The van der Waals surface area contributed by atoms with Crippen molar-refractivity contribution in [1.82, 2.24) is 25.4 Å². The van der Waals surface area contributed by atoms with Gasteiger partial charge in [0, 0.05) is 32.8 Å². The minimum atomic E-state index is 0. The molecule has 0 saturated carbocycles. The number of guanidine groups is 1. The number of hydrogen-bond acceptors (Lipinski definition) is 4. The van der Waals surface area contributed by atoms with Crippen molar-refractivity contribution >= 4 is 29.9 Å². The van der Waals surface area contributed by atoms with Crippen LogP contribution in [0.15, 0.2) is 4.99 Å². The minimum Gasteiger partial charge on any atom is -0.382 e. The van der Waals surface area contributed by atoms with E-state index in [0.717, 1.165) is 50.2 Å². The number of nitrogens with one attached hydrogen (secondary N) is 2. The van der Waals surface area contributed by atoms with E-state index in [1.165, 1.54) is 19.3 Å². The predicted octanol–water partition coefficient (Wildman–Crippen LogP) is 3.17. The molecule has 7 nitrogen and oxygen atoms in total. The van der Waals surface area contributed by atoms with Crippen molar-refractivity contribution in [3.05, 3.63) is 11.6 Å². The zero-order valence-corrected chi connectivity index (χ0v) is 19.4. The molecule has 0 aromatic carbocycles. The van der Waals surface area contributed by atoms with Crippen molar-refractivity contribution in [3.8, 4) is 0 Å². The standard InChI is InChI=1S/C18H36N6O.HI/c1-6-8-9-11-15(3)21-18(19-12-10-13-25-7-2)20-14-17-23-22-16(4)24(17)5;/h15H,6-14H2,1-5H3,(H2,19,20,21);1H. The zero-order valence-electron chi connectivity index (χ0n) is 17.0. The van der Waals surface area contributed by atoms with Crippen molar-refractivity contribution in [3.63, 3.8) is 0 Å². The molecule has 0 aliphatic carbocycles. The zero-order chi connectivity index (χ0) is 18.5. The molecule has 0 fully saturated rings. The van der Waals surface area contributed by atoms with Gasteiger partial charge in [0.15, 0.2) is 11.8 Å². The van der Waals surface area contributed by atoms with Crippen molar-refractivity contribution in [2.24, 2.45) is 12.0 Å². The van der Waals surface area contributed by atoms with Gasteiger partial charge in [0.2, 0.25) is 0 Å². The van der Waals surface area contributed by atoms with E-state index in [2.05, 4.69) is 39.7 Å². The molecule has 8 heteroatoms. The van der Waals surface area contributed by atoms with Crippen LogP contribution in [0.4, 0.5) is 0 Å². The second kappa shape index (κ2) is 15.2. The molecule has 1 unspecified atom stereocenters. The number of aliphatic imine (C=N–C) groups is 1. The lowest BCUT2D eigenvalue weighted by molar-refractivity contribution is 0.145. The molecule has 0 saturated heterocycles. The maximum Gasteiger partial charge on any atom is 0.191 e. The van der Waals surface area contributed by atoms with Crippen LogP contribution in [0.25, 0.3) is 0 Å². The fourth-order valence-corrected chi connectivity index (χ4v) is 2.42. The first kappa shape index (κ1) is 25.1. The summed E-state index contributed by atoms with van der Waals surface area (Å²) in [6.45, 7) is 11.3. The Bertz CT molecular complexity index is 506. The fourth-order valence-electron chi connectivity index (χ4n) is 2.42. The molecule has 0 bridgehead atoms. The van der Waals surface area contributed by atoms with E-state index < -0.39 is 0 Å². The van der Waals surface area contributed by atoms with Crippen LogP contribution in [0, 0.1) is 6.92 Å². The summed E-state index contributed by atoms with van der Waals surface area (Å²) in [7, 11) is 1.97. The Balaban J connectivity index is 0.00000625. The lowest BCUT2D eigenvalue weighted by Crippen LogP contribution is -2.43. The van der Waals surface area contributed by atoms with Gasteiger partial charge >= 0.3 is 0 Å². The molecule has 0 aliphatic rings. The first-order chi connectivity index (χ1) is 12.1. The van der Waals surface area contributed by atoms with Crippen LogP contribution in [0.1, 0.15) is 64.5 Å². The van der Waals surface area contributed by atoms with Gasteiger partial charge in [-0.1, -0.05) is 26.2 Å². The van der Waals surface area contributed by atoms with Crippen molar-refractivity contribution in [2.75, 3.05) is 19.8 Å². The van der Waals surface area contributed by atoms with E-state index in [9.17, 15) is 0 Å². The lowest BCUT2D eigenvalue weighted by Gasteiger charge is -2.18. The Morgan fingerprint density at radius 2 is 2.00 bits per heavy atom. The van der Waals surface area contributed by atoms with E-state index in [4.69, 9.17) is 4.74 Å². The summed E-state index contributed by atoms with van der Waals surface area (Å²) in [5.74, 6) is 2.60. The summed E-state index contributed by atoms with van der Waals surface area (Å²) >= 11 is 0. The van der Waals surface area contributed by atoms with E-state index >= 15 is 0 Å². The van der Waals surface area contributed by atoms with Crippen LogP contribution in [-0.2, 0) is 18.3 Å². The third-order valence-electron chi connectivity index (χ3n) is 4.15. The SMILES string of the molecule is CCCCCC(C)NC(=NCc1nnc(C)n1C)NCCCOCC.I. The van der Waals surface area contributed by atoms with E-state index in [1.54, 1.807) is 0 Å². The minimum absolute atomic E-state index is 0. The Hall–Kier alpha value is -0.900. The van der Waals surface area contributed by atoms with Crippen molar-refractivity contribution in [1.29, 1.82) is 0 Å². The molecule has 1 aromatic rings. The number of unbranched alkanes of at least 4 members (excludes halogenated alkanes) is 2. The topological polar surface area (TPSA) is 76.4 Å². The van der Waals surface area contributed by atoms with Crippen LogP contribution < -0.4 is 10.6 Å². The normalized spacial score (nSPS) is 12.6. The molecule has 2 N–H and O–H groups in total. The van der Waals surface area contributed by atoms with Crippen LogP contribution >= 0.6 is 24.0 Å². The van der Waals surface area contributed by atoms with E-state index in [1.807, 2.05) is 25.5 Å². The second-order valence-corrected chi connectivity index (χ2v) is 6.41. The third kappa shape index (κ3) is 10.3. The average Bonchev–Trinajstić information content (AvgIpc) is 2.91. The molecule has 0 amide bonds. The summed E-state index contributed by atoms with van der Waals surface area (Å²) in [6, 6.07) is 0.394. The van der Waals surface area contributed by atoms with Gasteiger partial charge in [-0.2, -0.15) is 0 Å². The molecule has 0 radical (unpaired) electrons. The summed E-state index contributed by atoms with van der Waals surface area (Å²) < 4.78 is 7.36. The van der Waals surface area contributed by atoms with Gasteiger partial charge in [0.1, 0.15) is 12.4 Å². The Morgan fingerprint density at radius 1 is 1.23 bits per heavy atom. The molecular formula is C18H37IN6O. The Labute approximate surface area is 175 Å². The highest BCUT2D eigenvalue weighted by atomic mass is 127. The number of aromatic nitrogens is 3. The third-order valence-corrected chi connectivity index (χ3v) is 4.15. The van der Waals surface area contributed by atoms with Gasteiger partial charge in [0.05, 0.1) is 0 Å². The maximum absolute atomic E-state index is 5.39. The van der Waals surface area contributed by atoms with Gasteiger partial charge < -0.3 is 19.9 Å². The molecule has 1 rings (SSSR count). The highest BCUT2D eigenvalue weighted by molar-refractivity contribution is 14.0. The number of nitrogens with zero attached hydrogens (tertiary/aromatic N) is 4. The van der Waals surface area contributed by atoms with Crippen LogP contribution in [0.5, 0.6) is 0 Å². The first-order valence-corrected chi connectivity index (χ1v) is 9.55. The summed E-state index contributed by atoms with van der Waals surface area (Å²) in [5, 5.41) is 15.2. The lowest BCUT2D eigenvalue weighted by atomic mass is 10.1. The van der Waals surface area contributed by atoms with Crippen LogP contribution in [0.3, 0.4) is 0 Å². The molecular weight excluding hydrogens is 443 g/mol. The number of aryl methyl sites for hydroxylation is 1. The van der Waals surface area contributed by atoms with Gasteiger partial charge in [-0.3, -0.25) is 0 Å². The van der Waals surface area contributed by atoms with E-state index in [0.29, 0.717) is 12.6 Å². The van der Waals surface area contributed by atoms with Crippen molar-refractivity contribution in [2.45, 2.75) is 72.4 Å². The number of ether oxygens (including phenoxy) is 1. The molecule has 0 spiro atoms. The smallest absolute Gasteiger partial charge is 0.191 e. The Kier molecular flexibility index (Phi) is 14.7. The highest BCUT2D eigenvalue weighted by Gasteiger charge is 2.08. The molecule has 1 heterocycles. The molecule has 152 valence electrons. The van der Waals surface area contributed by atoms with Crippen LogP contribution in [-0.4, -0.2) is 46.5 Å². The molecule has 0 aliphatic heterocycles. The Morgan fingerprint density at radius 3 is 2.62 bits per heavy atom. The van der Waals surface area contributed by atoms with Crippen LogP contribution in [0.2, 0.25) is 0 Å². The maximum atomic E-state index is 5.39. The monoisotopic (exact) mass is 480 g/mol. The summed E-state index contributed by atoms with van der Waals surface area (Å²) in [4.78, 5) is 4.68. The molecule has 1 atom stereocenters.